The predicted octanol–water partition coefficient (Wildman–Crippen LogP) is 5.56. The van der Waals surface area contributed by atoms with Crippen LogP contribution in [-0.4, -0.2) is 16.6 Å². The molecule has 0 amide bonds. The molecule has 0 fully saturated rings. The Morgan fingerprint density at radius 3 is 2.38 bits per heavy atom. The largest absolute Gasteiger partial charge is 0.361 e. The first-order valence-corrected chi connectivity index (χ1v) is 9.63. The van der Waals surface area contributed by atoms with Crippen LogP contribution in [0.25, 0.3) is 10.9 Å². The van der Waals surface area contributed by atoms with E-state index in [1.807, 2.05) is 42.6 Å². The number of rotatable bonds is 5. The summed E-state index contributed by atoms with van der Waals surface area (Å²) in [6, 6.07) is 21.5. The molecule has 6 heteroatoms. The molecule has 0 unspecified atom stereocenters. The summed E-state index contributed by atoms with van der Waals surface area (Å²) in [6.07, 6.45) is 2.02. The molecule has 0 aliphatic heterocycles. The van der Waals surface area contributed by atoms with Gasteiger partial charge in [-0.2, -0.15) is 0 Å². The fraction of sp³-hybridized carbons (Fsp3) is 0.0870. The lowest BCUT2D eigenvalue weighted by Crippen LogP contribution is -2.32. The van der Waals surface area contributed by atoms with Gasteiger partial charge in [0.05, 0.1) is 0 Å². The van der Waals surface area contributed by atoms with E-state index < -0.39 is 11.6 Å². The van der Waals surface area contributed by atoms with Gasteiger partial charge in [0.2, 0.25) is 0 Å². The van der Waals surface area contributed by atoms with Crippen molar-refractivity contribution in [2.24, 2.45) is 0 Å². The van der Waals surface area contributed by atoms with Crippen LogP contribution in [0.4, 0.5) is 14.5 Å². The van der Waals surface area contributed by atoms with Crippen LogP contribution < -0.4 is 10.6 Å². The average Bonchev–Trinajstić information content (AvgIpc) is 3.12. The zero-order valence-electron chi connectivity index (χ0n) is 15.5. The van der Waals surface area contributed by atoms with Crippen LogP contribution in [0.1, 0.15) is 17.0 Å². The van der Waals surface area contributed by atoms with E-state index in [1.54, 1.807) is 0 Å². The maximum absolute atomic E-state index is 13.4. The number of benzene rings is 3. The van der Waals surface area contributed by atoms with Gasteiger partial charge >= 0.3 is 0 Å². The molecule has 1 atom stereocenters. The minimum atomic E-state index is -0.656. The van der Waals surface area contributed by atoms with Gasteiger partial charge in [0.25, 0.3) is 0 Å². The standard InChI is InChI=1S/C23H19F2N3S/c24-16-10-17(25)12-18(11-16)28-23(29)27-13-20(15-6-2-1-3-7-15)21-14-26-22-9-5-4-8-19(21)22/h1-12,14,20,26H,13H2,(H2,27,28,29)/t20-/m0/s1. The Labute approximate surface area is 172 Å². The first kappa shape index (κ1) is 19.1. The molecular weight excluding hydrogens is 388 g/mol. The van der Waals surface area contributed by atoms with Crippen molar-refractivity contribution < 1.29 is 8.78 Å². The van der Waals surface area contributed by atoms with Gasteiger partial charge < -0.3 is 15.6 Å². The monoisotopic (exact) mass is 407 g/mol. The van der Waals surface area contributed by atoms with Gasteiger partial charge in [0.15, 0.2) is 5.11 Å². The van der Waals surface area contributed by atoms with Crippen LogP contribution in [0.5, 0.6) is 0 Å². The van der Waals surface area contributed by atoms with Crippen LogP contribution in [0, 0.1) is 11.6 Å². The fourth-order valence-corrected chi connectivity index (χ4v) is 3.67. The van der Waals surface area contributed by atoms with E-state index >= 15 is 0 Å². The second kappa shape index (κ2) is 8.41. The number of hydrogen-bond acceptors (Lipinski definition) is 1. The molecule has 3 nitrogen and oxygen atoms in total. The molecule has 3 aromatic carbocycles. The third-order valence-corrected chi connectivity index (χ3v) is 5.03. The van der Waals surface area contributed by atoms with Crippen molar-refractivity contribution in [2.45, 2.75) is 5.92 Å². The highest BCUT2D eigenvalue weighted by molar-refractivity contribution is 7.80. The fourth-order valence-electron chi connectivity index (χ4n) is 3.47. The lowest BCUT2D eigenvalue weighted by atomic mass is 9.91. The maximum atomic E-state index is 13.4. The van der Waals surface area contributed by atoms with Crippen molar-refractivity contribution in [3.63, 3.8) is 0 Å². The Bertz CT molecular complexity index is 1120. The van der Waals surface area contributed by atoms with E-state index in [9.17, 15) is 8.78 Å². The number of fused-ring (bicyclic) bond motifs is 1. The smallest absolute Gasteiger partial charge is 0.170 e. The minimum absolute atomic E-state index is 0.0383. The van der Waals surface area contributed by atoms with Crippen molar-refractivity contribution in [3.8, 4) is 0 Å². The highest BCUT2D eigenvalue weighted by atomic mass is 32.1. The highest BCUT2D eigenvalue weighted by Gasteiger charge is 2.18. The maximum Gasteiger partial charge on any atom is 0.170 e. The number of hydrogen-bond donors (Lipinski definition) is 3. The van der Waals surface area contributed by atoms with Gasteiger partial charge in [-0.1, -0.05) is 48.5 Å². The molecule has 1 aromatic heterocycles. The predicted molar refractivity (Wildman–Crippen MR) is 117 cm³/mol. The van der Waals surface area contributed by atoms with E-state index in [1.165, 1.54) is 12.1 Å². The van der Waals surface area contributed by atoms with Crippen molar-refractivity contribution in [1.82, 2.24) is 10.3 Å². The van der Waals surface area contributed by atoms with Crippen LogP contribution in [0.15, 0.2) is 79.0 Å². The molecule has 29 heavy (non-hydrogen) atoms. The first-order valence-electron chi connectivity index (χ1n) is 9.22. The first-order chi connectivity index (χ1) is 14.1. The summed E-state index contributed by atoms with van der Waals surface area (Å²) in [7, 11) is 0. The third kappa shape index (κ3) is 4.43. The summed E-state index contributed by atoms with van der Waals surface area (Å²) in [5.41, 5.74) is 3.63. The lowest BCUT2D eigenvalue weighted by molar-refractivity contribution is 0.584. The van der Waals surface area contributed by atoms with E-state index in [-0.39, 0.29) is 11.6 Å². The van der Waals surface area contributed by atoms with Crippen molar-refractivity contribution >= 4 is 33.9 Å². The Kier molecular flexibility index (Phi) is 5.53. The van der Waals surface area contributed by atoms with E-state index in [2.05, 4.69) is 33.8 Å². The van der Waals surface area contributed by atoms with Gasteiger partial charge in [0, 0.05) is 41.3 Å². The number of aromatic nitrogens is 1. The number of anilines is 1. The summed E-state index contributed by atoms with van der Waals surface area (Å²) in [5.74, 6) is -1.27. The van der Waals surface area contributed by atoms with Gasteiger partial charge in [-0.15, -0.1) is 0 Å². The van der Waals surface area contributed by atoms with E-state index in [0.717, 1.165) is 28.1 Å². The third-order valence-electron chi connectivity index (χ3n) is 4.79. The summed E-state index contributed by atoms with van der Waals surface area (Å²) in [4.78, 5) is 3.32. The number of H-pyrrole nitrogens is 1. The summed E-state index contributed by atoms with van der Waals surface area (Å²) >= 11 is 5.34. The molecule has 0 radical (unpaired) electrons. The van der Waals surface area contributed by atoms with Crippen LogP contribution in [0.3, 0.4) is 0 Å². The molecule has 0 saturated carbocycles. The van der Waals surface area contributed by atoms with Crippen molar-refractivity contribution in [2.75, 3.05) is 11.9 Å². The second-order valence-corrected chi connectivity index (χ2v) is 7.15. The Morgan fingerprint density at radius 2 is 1.62 bits per heavy atom. The van der Waals surface area contributed by atoms with Crippen LogP contribution in [-0.2, 0) is 0 Å². The molecule has 146 valence electrons. The molecule has 0 bridgehead atoms. The number of halogens is 2. The molecule has 4 aromatic rings. The van der Waals surface area contributed by atoms with Gasteiger partial charge in [-0.25, -0.2) is 8.78 Å². The highest BCUT2D eigenvalue weighted by Crippen LogP contribution is 2.30. The minimum Gasteiger partial charge on any atom is -0.361 e. The van der Waals surface area contributed by atoms with E-state index in [0.29, 0.717) is 11.7 Å². The van der Waals surface area contributed by atoms with Gasteiger partial charge in [-0.3, -0.25) is 0 Å². The number of thiocarbonyl (C=S) groups is 1. The molecule has 0 spiro atoms. The molecule has 0 aliphatic rings. The van der Waals surface area contributed by atoms with Gasteiger partial charge in [0.1, 0.15) is 11.6 Å². The number of aromatic amines is 1. The molecule has 3 N–H and O–H groups in total. The molecular formula is C23H19F2N3S. The quantitative estimate of drug-likeness (QED) is 0.379. The molecule has 4 rings (SSSR count). The van der Waals surface area contributed by atoms with Crippen LogP contribution in [0.2, 0.25) is 0 Å². The van der Waals surface area contributed by atoms with Crippen molar-refractivity contribution in [3.05, 3.63) is 102 Å². The lowest BCUT2D eigenvalue weighted by Gasteiger charge is -2.19. The molecule has 0 saturated heterocycles. The Morgan fingerprint density at radius 1 is 0.931 bits per heavy atom. The molecule has 1 heterocycles. The normalized spacial score (nSPS) is 11.9. The number of para-hydroxylation sites is 1. The summed E-state index contributed by atoms with van der Waals surface area (Å²) in [5, 5.41) is 7.48. The van der Waals surface area contributed by atoms with Crippen molar-refractivity contribution in [1.29, 1.82) is 0 Å². The van der Waals surface area contributed by atoms with Crippen LogP contribution >= 0.6 is 12.2 Å². The van der Waals surface area contributed by atoms with Gasteiger partial charge in [-0.05, 0) is 41.5 Å². The van der Waals surface area contributed by atoms with E-state index in [4.69, 9.17) is 12.2 Å². The Balaban J connectivity index is 1.55. The Hall–Kier alpha value is -3.25. The second-order valence-electron chi connectivity index (χ2n) is 6.75. The zero-order valence-corrected chi connectivity index (χ0v) is 16.3. The SMILES string of the molecule is Fc1cc(F)cc(NC(=S)NC[C@@H](c2ccccc2)c2c[nH]c3ccccc23)c1. The zero-order chi connectivity index (χ0) is 20.2. The molecule has 0 aliphatic carbocycles. The topological polar surface area (TPSA) is 39.8 Å². The summed E-state index contributed by atoms with van der Waals surface area (Å²) < 4.78 is 26.8. The number of nitrogens with one attached hydrogen (secondary N) is 3. The average molecular weight is 407 g/mol. The summed E-state index contributed by atoms with van der Waals surface area (Å²) in [6.45, 7) is 0.523.